The Hall–Kier alpha value is -3.39. The van der Waals surface area contributed by atoms with Crippen LogP contribution in [0.4, 0.5) is 0 Å². The molecule has 3 rings (SSSR count). The maximum atomic E-state index is 12.3. The largest absolute Gasteiger partial charge is 0.507 e. The van der Waals surface area contributed by atoms with Gasteiger partial charge in [0.15, 0.2) is 5.78 Å². The number of methoxy groups -OCH3 is 1. The average molecular weight is 572 g/mol. The zero-order valence-electron chi connectivity index (χ0n) is 25.1. The minimum atomic E-state index is -0.755. The number of hydrogen-bond donors (Lipinski definition) is 2. The molecule has 0 bridgehead atoms. The maximum Gasteiger partial charge on any atom is 0.350 e. The molecule has 0 aliphatic carbocycles. The standard InChI is InChI=1S/C18H27NO4.C12H14S.C2H4O2/c1-11(2)13(4)17(21)16-14(20)10-15(23-18(16)22)12(3)8-6-7-9-19-5;1-3-4-10-5-6-11-7-9(2)13-12(11)8-10;1-4-2-3/h7,9-13,19-20H,6,8H2,1-5H3;5-8H,3-4H2,1-2H3;2H,1H3/b9-7+;;. The van der Waals surface area contributed by atoms with Crippen LogP contribution >= 0.6 is 11.3 Å². The minimum absolute atomic E-state index is 0.0261. The van der Waals surface area contributed by atoms with Crippen LogP contribution in [0, 0.1) is 18.8 Å². The third kappa shape index (κ3) is 11.0. The molecule has 7 nitrogen and oxygen atoms in total. The summed E-state index contributed by atoms with van der Waals surface area (Å²) in [5.74, 6) is -0.549. The Morgan fingerprint density at radius 2 is 1.85 bits per heavy atom. The molecule has 0 fully saturated rings. The molecule has 0 aliphatic heterocycles. The van der Waals surface area contributed by atoms with E-state index in [9.17, 15) is 14.7 Å². The summed E-state index contributed by atoms with van der Waals surface area (Å²) in [6, 6.07) is 10.5. The van der Waals surface area contributed by atoms with Crippen molar-refractivity contribution in [1.82, 2.24) is 5.32 Å². The first-order valence-corrected chi connectivity index (χ1v) is 14.5. The topological polar surface area (TPSA) is 106 Å². The minimum Gasteiger partial charge on any atom is -0.507 e. The predicted octanol–water partition coefficient (Wildman–Crippen LogP) is 7.39. The van der Waals surface area contributed by atoms with E-state index in [0.717, 1.165) is 12.8 Å². The Morgan fingerprint density at radius 1 is 1.18 bits per heavy atom. The van der Waals surface area contributed by atoms with Gasteiger partial charge in [-0.1, -0.05) is 59.2 Å². The van der Waals surface area contributed by atoms with Crippen LogP contribution in [0.2, 0.25) is 0 Å². The molecule has 0 saturated carbocycles. The molecule has 8 heteroatoms. The van der Waals surface area contributed by atoms with E-state index in [1.54, 1.807) is 6.92 Å². The predicted molar refractivity (Wildman–Crippen MR) is 164 cm³/mol. The van der Waals surface area contributed by atoms with E-state index in [4.69, 9.17) is 9.21 Å². The van der Waals surface area contributed by atoms with Crippen LogP contribution in [0.15, 0.2) is 51.8 Å². The van der Waals surface area contributed by atoms with Gasteiger partial charge in [-0.25, -0.2) is 4.79 Å². The second-order valence-corrected chi connectivity index (χ2v) is 11.4. The van der Waals surface area contributed by atoms with Crippen LogP contribution in [-0.4, -0.2) is 31.5 Å². The first-order valence-electron chi connectivity index (χ1n) is 13.7. The molecule has 0 amide bonds. The van der Waals surface area contributed by atoms with Crippen LogP contribution < -0.4 is 10.9 Å². The lowest BCUT2D eigenvalue weighted by Gasteiger charge is -2.15. The van der Waals surface area contributed by atoms with Crippen molar-refractivity contribution in [3.8, 4) is 5.75 Å². The van der Waals surface area contributed by atoms with Gasteiger partial charge in [0.05, 0.1) is 7.11 Å². The second-order valence-electron chi connectivity index (χ2n) is 10.1. The van der Waals surface area contributed by atoms with Gasteiger partial charge in [0.1, 0.15) is 17.1 Å². The van der Waals surface area contributed by atoms with Crippen LogP contribution in [-0.2, 0) is 16.0 Å². The SMILES string of the molecule is CCCc1ccc2cc(C)sc2c1.CN/C=C/CCC(C)c1cc(O)c(C(=O)C(C)C(C)C)c(=O)o1.COC=O. The molecule has 0 radical (unpaired) electrons. The van der Waals surface area contributed by atoms with Crippen molar-refractivity contribution in [1.29, 1.82) is 0 Å². The average Bonchev–Trinajstić information content (AvgIpc) is 3.30. The number of carbonyl (C=O) groups excluding carboxylic acids is 2. The van der Waals surface area contributed by atoms with Crippen LogP contribution in [0.3, 0.4) is 0 Å². The molecule has 2 unspecified atom stereocenters. The molecule has 3 aromatic rings. The molecule has 0 spiro atoms. The molecule has 2 heterocycles. The number of nitrogens with one attached hydrogen (secondary N) is 1. The fraction of sp³-hybridized carbons (Fsp3) is 0.469. The van der Waals surface area contributed by atoms with Gasteiger partial charge in [-0.2, -0.15) is 0 Å². The Kier molecular flexibility index (Phi) is 15.6. The van der Waals surface area contributed by atoms with E-state index in [-0.39, 0.29) is 34.8 Å². The van der Waals surface area contributed by atoms with Crippen molar-refractivity contribution in [3.05, 3.63) is 74.8 Å². The van der Waals surface area contributed by atoms with Gasteiger partial charge < -0.3 is 19.6 Å². The molecular weight excluding hydrogens is 526 g/mol. The molecule has 2 N–H and O–H groups in total. The normalized spacial score (nSPS) is 12.2. The third-order valence-corrected chi connectivity index (χ3v) is 7.50. The summed E-state index contributed by atoms with van der Waals surface area (Å²) in [4.78, 5) is 34.8. The van der Waals surface area contributed by atoms with Gasteiger partial charge in [0, 0.05) is 34.5 Å². The quantitative estimate of drug-likeness (QED) is 0.183. The number of aromatic hydroxyl groups is 1. The Labute approximate surface area is 242 Å². The molecule has 2 aromatic heterocycles. The summed E-state index contributed by atoms with van der Waals surface area (Å²) < 4.78 is 10.6. The number of benzene rings is 1. The molecule has 0 aliphatic rings. The summed E-state index contributed by atoms with van der Waals surface area (Å²) in [7, 11) is 3.14. The first-order chi connectivity index (χ1) is 19.0. The third-order valence-electron chi connectivity index (χ3n) is 6.49. The highest BCUT2D eigenvalue weighted by Crippen LogP contribution is 2.28. The van der Waals surface area contributed by atoms with Crippen molar-refractivity contribution in [2.24, 2.45) is 11.8 Å². The monoisotopic (exact) mass is 571 g/mol. The van der Waals surface area contributed by atoms with Crippen LogP contribution in [0.5, 0.6) is 5.75 Å². The lowest BCUT2D eigenvalue weighted by molar-refractivity contribution is -0.126. The number of ketones is 1. The number of thiophene rings is 1. The van der Waals surface area contributed by atoms with Crippen molar-refractivity contribution in [2.45, 2.75) is 73.1 Å². The molecule has 40 heavy (non-hydrogen) atoms. The van der Waals surface area contributed by atoms with Crippen molar-refractivity contribution >= 4 is 33.7 Å². The van der Waals surface area contributed by atoms with Gasteiger partial charge in [-0.15, -0.1) is 11.3 Å². The van der Waals surface area contributed by atoms with Crippen molar-refractivity contribution < 1.29 is 23.8 Å². The second kappa shape index (κ2) is 18.1. The smallest absolute Gasteiger partial charge is 0.350 e. The Bertz CT molecular complexity index is 1290. The number of aryl methyl sites for hydroxylation is 2. The van der Waals surface area contributed by atoms with E-state index in [1.165, 1.54) is 46.5 Å². The van der Waals surface area contributed by atoms with Gasteiger partial charge in [-0.3, -0.25) is 9.59 Å². The number of ether oxygens (including phenoxy) is 1. The molecule has 0 saturated heterocycles. The van der Waals surface area contributed by atoms with E-state index < -0.39 is 5.63 Å². The van der Waals surface area contributed by atoms with Gasteiger partial charge in [-0.05, 0) is 61.4 Å². The molecular formula is C32H45NO6S. The highest BCUT2D eigenvalue weighted by molar-refractivity contribution is 7.19. The van der Waals surface area contributed by atoms with Crippen molar-refractivity contribution in [2.75, 3.05) is 14.2 Å². The lowest BCUT2D eigenvalue weighted by atomic mass is 9.90. The lowest BCUT2D eigenvalue weighted by Crippen LogP contribution is -2.24. The number of Topliss-reactive ketones (excluding diaryl/α,β-unsaturated/α-hetero) is 1. The number of hydrogen-bond acceptors (Lipinski definition) is 8. The fourth-order valence-corrected chi connectivity index (χ4v) is 4.83. The van der Waals surface area contributed by atoms with E-state index in [2.05, 4.69) is 48.2 Å². The number of fused-ring (bicyclic) bond motifs is 1. The van der Waals surface area contributed by atoms with Crippen LogP contribution in [0.1, 0.15) is 86.4 Å². The van der Waals surface area contributed by atoms with E-state index in [1.807, 2.05) is 51.4 Å². The van der Waals surface area contributed by atoms with Gasteiger partial charge in [0.25, 0.3) is 6.47 Å². The summed E-state index contributed by atoms with van der Waals surface area (Å²) in [5.41, 5.74) is 0.476. The number of rotatable bonds is 11. The van der Waals surface area contributed by atoms with E-state index in [0.29, 0.717) is 12.2 Å². The molecule has 220 valence electrons. The fourth-order valence-electron chi connectivity index (χ4n) is 3.84. The summed E-state index contributed by atoms with van der Waals surface area (Å²) >= 11 is 1.89. The summed E-state index contributed by atoms with van der Waals surface area (Å²) in [6.07, 6.45) is 7.85. The highest BCUT2D eigenvalue weighted by atomic mass is 32.1. The Balaban J connectivity index is 0.000000391. The number of allylic oxidation sites excluding steroid dienone is 1. The Morgan fingerprint density at radius 3 is 2.40 bits per heavy atom. The molecule has 1 aromatic carbocycles. The number of carbonyl (C=O) groups is 2. The molecule has 2 atom stereocenters. The summed E-state index contributed by atoms with van der Waals surface area (Å²) in [5, 5.41) is 14.4. The first kappa shape index (κ1) is 34.6. The van der Waals surface area contributed by atoms with Crippen molar-refractivity contribution in [3.63, 3.8) is 0 Å². The zero-order chi connectivity index (χ0) is 30.2. The van der Waals surface area contributed by atoms with Crippen LogP contribution in [0.25, 0.3) is 10.1 Å². The van der Waals surface area contributed by atoms with Gasteiger partial charge in [0.2, 0.25) is 0 Å². The maximum absolute atomic E-state index is 12.3. The summed E-state index contributed by atoms with van der Waals surface area (Å²) in [6.45, 7) is 12.2. The highest BCUT2D eigenvalue weighted by Gasteiger charge is 2.26. The van der Waals surface area contributed by atoms with E-state index >= 15 is 0 Å². The zero-order valence-corrected chi connectivity index (χ0v) is 25.9. The van der Waals surface area contributed by atoms with Gasteiger partial charge >= 0.3 is 5.63 Å².